The molecule has 36 heavy (non-hydrogen) atoms. The molecule has 2 amide bonds. The maximum atomic E-state index is 13.3. The number of hydrogen-bond donors (Lipinski definition) is 4. The van der Waals surface area contributed by atoms with Gasteiger partial charge in [0.2, 0.25) is 11.8 Å². The number of nitrogens with one attached hydrogen (secondary N) is 4. The Labute approximate surface area is 219 Å². The molecule has 0 radical (unpaired) electrons. The van der Waals surface area contributed by atoms with E-state index in [0.717, 1.165) is 43.5 Å². The van der Waals surface area contributed by atoms with Crippen LogP contribution in [0.1, 0.15) is 59.3 Å². The summed E-state index contributed by atoms with van der Waals surface area (Å²) in [4.78, 5) is 27.5. The summed E-state index contributed by atoms with van der Waals surface area (Å²) in [5, 5.41) is 18.3. The highest BCUT2D eigenvalue weighted by Gasteiger charge is 2.65. The molecule has 11 heteroatoms. The Bertz CT molecular complexity index is 1230. The van der Waals surface area contributed by atoms with E-state index in [1.165, 1.54) is 17.7 Å². The van der Waals surface area contributed by atoms with Gasteiger partial charge < -0.3 is 26.0 Å². The highest BCUT2D eigenvalue weighted by Crippen LogP contribution is 2.70. The van der Waals surface area contributed by atoms with E-state index >= 15 is 0 Å². The van der Waals surface area contributed by atoms with Gasteiger partial charge in [0, 0.05) is 36.5 Å². The smallest absolute Gasteiger partial charge is 0.254 e. The van der Waals surface area contributed by atoms with Crippen LogP contribution in [0.2, 0.25) is 0 Å². The molecule has 0 bridgehead atoms. The number of aryl methyl sites for hydroxylation is 2. The Morgan fingerprint density at radius 2 is 2.08 bits per heavy atom. The van der Waals surface area contributed by atoms with Crippen molar-refractivity contribution in [1.82, 2.24) is 20.4 Å². The van der Waals surface area contributed by atoms with Crippen molar-refractivity contribution in [3.05, 3.63) is 22.1 Å². The van der Waals surface area contributed by atoms with Gasteiger partial charge in [-0.1, -0.05) is 0 Å². The van der Waals surface area contributed by atoms with E-state index in [1.54, 1.807) is 29.2 Å². The van der Waals surface area contributed by atoms with E-state index in [2.05, 4.69) is 26.4 Å². The second-order valence-electron chi connectivity index (χ2n) is 10.7. The normalized spacial score (nSPS) is 22.9. The number of rotatable bonds is 8. The molecular formula is C25H32N6O3S2. The summed E-state index contributed by atoms with van der Waals surface area (Å²) in [6.45, 7) is 0.701. The highest BCUT2D eigenvalue weighted by molar-refractivity contribution is 7.80. The van der Waals surface area contributed by atoms with Crippen molar-refractivity contribution in [1.29, 1.82) is 0 Å². The van der Waals surface area contributed by atoms with E-state index < -0.39 is 0 Å². The molecule has 0 aliphatic heterocycles. The van der Waals surface area contributed by atoms with Gasteiger partial charge in [-0.25, -0.2) is 4.68 Å². The van der Waals surface area contributed by atoms with Gasteiger partial charge in [0.1, 0.15) is 10.8 Å². The van der Waals surface area contributed by atoms with Gasteiger partial charge in [0.05, 0.1) is 12.7 Å². The first-order valence-corrected chi connectivity index (χ1v) is 14.0. The lowest BCUT2D eigenvalue weighted by Gasteiger charge is -2.25. The van der Waals surface area contributed by atoms with E-state index in [9.17, 15) is 9.59 Å². The molecule has 192 valence electrons. The predicted molar refractivity (Wildman–Crippen MR) is 143 cm³/mol. The van der Waals surface area contributed by atoms with E-state index in [0.29, 0.717) is 40.4 Å². The molecule has 2 aromatic heterocycles. The van der Waals surface area contributed by atoms with Gasteiger partial charge in [-0.2, -0.15) is 0 Å². The van der Waals surface area contributed by atoms with Crippen molar-refractivity contribution in [2.75, 3.05) is 24.3 Å². The third-order valence-corrected chi connectivity index (χ3v) is 9.44. The zero-order chi connectivity index (χ0) is 25.0. The quantitative estimate of drug-likeness (QED) is 0.390. The van der Waals surface area contributed by atoms with Crippen LogP contribution in [0.4, 0.5) is 10.8 Å². The Morgan fingerprint density at radius 3 is 2.75 bits per heavy atom. The number of thiophene rings is 1. The predicted octanol–water partition coefficient (Wildman–Crippen LogP) is 3.21. The Balaban J connectivity index is 1.16. The van der Waals surface area contributed by atoms with Crippen LogP contribution in [-0.2, 0) is 24.7 Å². The number of carbonyl (C=O) groups is 2. The fourth-order valence-corrected chi connectivity index (χ4v) is 6.82. The number of carbonyl (C=O) groups excluding carboxylic acids is 2. The van der Waals surface area contributed by atoms with Gasteiger partial charge in [-0.3, -0.25) is 9.59 Å². The van der Waals surface area contributed by atoms with Crippen LogP contribution in [0.3, 0.4) is 0 Å². The number of methoxy groups -OCH3 is 1. The molecule has 1 unspecified atom stereocenters. The monoisotopic (exact) mass is 528 g/mol. The minimum absolute atomic E-state index is 0.0741. The van der Waals surface area contributed by atoms with Gasteiger partial charge in [-0.05, 0) is 80.5 Å². The largest absolute Gasteiger partial charge is 0.480 e. The molecule has 4 aliphatic rings. The number of anilines is 2. The number of thiocarbonyl (C=S) groups is 1. The van der Waals surface area contributed by atoms with Crippen molar-refractivity contribution in [3.8, 4) is 5.88 Å². The number of aromatic nitrogens is 2. The molecule has 6 rings (SSSR count). The molecule has 3 fully saturated rings. The van der Waals surface area contributed by atoms with E-state index in [1.807, 2.05) is 7.05 Å². The van der Waals surface area contributed by atoms with Crippen LogP contribution in [0.5, 0.6) is 5.88 Å². The average Bonchev–Trinajstić information content (AvgIpc) is 3.79. The highest BCUT2D eigenvalue weighted by atomic mass is 32.1. The number of amides is 2. The summed E-state index contributed by atoms with van der Waals surface area (Å²) >= 11 is 7.14. The fourth-order valence-electron chi connectivity index (χ4n) is 5.31. The van der Waals surface area contributed by atoms with Crippen molar-refractivity contribution in [2.24, 2.45) is 24.3 Å². The van der Waals surface area contributed by atoms with Crippen LogP contribution >= 0.6 is 23.6 Å². The SMILES string of the molecule is COc1cc(NC(=S)N[C@H]2CCc3sc(NC(=O)C4CC45CC5)c(C(=O)NCC4CC4)c3C2)n(C)n1. The topological polar surface area (TPSA) is 109 Å². The average molecular weight is 529 g/mol. The van der Waals surface area contributed by atoms with E-state index in [4.69, 9.17) is 17.0 Å². The zero-order valence-electron chi connectivity index (χ0n) is 20.6. The molecule has 2 heterocycles. The van der Waals surface area contributed by atoms with Crippen LogP contribution in [0, 0.1) is 17.3 Å². The first-order chi connectivity index (χ1) is 17.3. The van der Waals surface area contributed by atoms with Crippen LogP contribution in [0.15, 0.2) is 6.07 Å². The van der Waals surface area contributed by atoms with Crippen molar-refractivity contribution in [3.63, 3.8) is 0 Å². The van der Waals surface area contributed by atoms with Crippen LogP contribution in [-0.4, -0.2) is 46.4 Å². The molecule has 1 spiro atoms. The zero-order valence-corrected chi connectivity index (χ0v) is 22.2. The summed E-state index contributed by atoms with van der Waals surface area (Å²) in [6, 6.07) is 1.87. The Kier molecular flexibility index (Phi) is 5.94. The Morgan fingerprint density at radius 1 is 1.28 bits per heavy atom. The van der Waals surface area contributed by atoms with Gasteiger partial charge in [0.25, 0.3) is 5.91 Å². The maximum absolute atomic E-state index is 13.3. The molecule has 2 atom stereocenters. The van der Waals surface area contributed by atoms with Crippen LogP contribution < -0.4 is 26.0 Å². The lowest BCUT2D eigenvalue weighted by Crippen LogP contribution is -2.41. The van der Waals surface area contributed by atoms with Gasteiger partial charge >= 0.3 is 0 Å². The lowest BCUT2D eigenvalue weighted by atomic mass is 9.91. The first kappa shape index (κ1) is 23.7. The molecule has 4 aliphatic carbocycles. The summed E-state index contributed by atoms with van der Waals surface area (Å²) < 4.78 is 6.86. The first-order valence-electron chi connectivity index (χ1n) is 12.7. The fraction of sp³-hybridized carbons (Fsp3) is 0.600. The maximum Gasteiger partial charge on any atom is 0.254 e. The summed E-state index contributed by atoms with van der Waals surface area (Å²) in [6.07, 6.45) is 8.08. The molecular weight excluding hydrogens is 496 g/mol. The Hall–Kier alpha value is -2.66. The summed E-state index contributed by atoms with van der Waals surface area (Å²) in [5.74, 6) is 1.95. The van der Waals surface area contributed by atoms with E-state index in [-0.39, 0.29) is 29.2 Å². The van der Waals surface area contributed by atoms with Crippen LogP contribution in [0.25, 0.3) is 0 Å². The standard InChI is InChI=1S/C25H32N6O3S2/c1-31-18(10-19(30-31)34-2)28-24(35)27-14-5-6-17-15(9-14)20(22(33)26-12-13-3-4-13)23(36-17)29-21(32)16-11-25(16)7-8-25/h10,13-14,16H,3-9,11-12H2,1-2H3,(H,26,33)(H,29,32)(H2,27,28,35)/t14-,16?/m0/s1. The third kappa shape index (κ3) is 4.70. The van der Waals surface area contributed by atoms with Gasteiger partial charge in [0.15, 0.2) is 5.11 Å². The summed E-state index contributed by atoms with van der Waals surface area (Å²) in [5.41, 5.74) is 1.97. The number of ether oxygens (including phenoxy) is 1. The van der Waals surface area contributed by atoms with Crippen molar-refractivity contribution in [2.45, 2.75) is 57.4 Å². The minimum atomic E-state index is -0.0741. The third-order valence-electron chi connectivity index (χ3n) is 8.01. The second-order valence-corrected chi connectivity index (χ2v) is 12.2. The van der Waals surface area contributed by atoms with Crippen molar-refractivity contribution >= 4 is 51.3 Å². The molecule has 9 nitrogen and oxygen atoms in total. The molecule has 0 aromatic carbocycles. The number of hydrogen-bond acceptors (Lipinski definition) is 6. The number of fused-ring (bicyclic) bond motifs is 1. The minimum Gasteiger partial charge on any atom is -0.480 e. The molecule has 0 saturated heterocycles. The van der Waals surface area contributed by atoms with Gasteiger partial charge in [-0.15, -0.1) is 16.4 Å². The second kappa shape index (κ2) is 9.02. The molecule has 4 N–H and O–H groups in total. The van der Waals surface area contributed by atoms with Crippen molar-refractivity contribution < 1.29 is 14.3 Å². The lowest BCUT2D eigenvalue weighted by molar-refractivity contribution is -0.117. The molecule has 3 saturated carbocycles. The summed E-state index contributed by atoms with van der Waals surface area (Å²) in [7, 11) is 3.40. The molecule has 2 aromatic rings. The number of nitrogens with zero attached hydrogens (tertiary/aromatic N) is 2.